The molecule has 9 heteroatoms. The van der Waals surface area contributed by atoms with Gasteiger partial charge in [0.25, 0.3) is 11.5 Å². The molecule has 3 heterocycles. The van der Waals surface area contributed by atoms with Crippen molar-refractivity contribution in [2.24, 2.45) is 5.92 Å². The van der Waals surface area contributed by atoms with Gasteiger partial charge in [-0.3, -0.25) is 23.9 Å². The number of pyridine rings is 1. The molecule has 2 N–H and O–H groups in total. The van der Waals surface area contributed by atoms with Crippen molar-refractivity contribution in [1.82, 2.24) is 24.8 Å². The van der Waals surface area contributed by atoms with Crippen molar-refractivity contribution in [3.63, 3.8) is 0 Å². The van der Waals surface area contributed by atoms with Gasteiger partial charge in [0.15, 0.2) is 5.65 Å². The van der Waals surface area contributed by atoms with Crippen LogP contribution in [0.25, 0.3) is 11.0 Å². The molecule has 0 bridgehead atoms. The molecule has 1 saturated carbocycles. The van der Waals surface area contributed by atoms with Crippen LogP contribution in [0, 0.1) is 5.92 Å². The maximum Gasteiger partial charge on any atom is 0.329 e. The Morgan fingerprint density at radius 3 is 2.63 bits per heavy atom. The molecule has 4 rings (SSSR count). The van der Waals surface area contributed by atoms with Crippen molar-refractivity contribution in [3.8, 4) is 0 Å². The molecule has 0 spiro atoms. The number of aryl methyl sites for hydroxylation is 1. The highest BCUT2D eigenvalue weighted by Crippen LogP contribution is 2.40. The molecule has 2 fully saturated rings. The first-order chi connectivity index (χ1) is 16.9. The van der Waals surface area contributed by atoms with Crippen molar-refractivity contribution in [1.29, 1.82) is 0 Å². The van der Waals surface area contributed by atoms with Crippen molar-refractivity contribution < 1.29 is 9.59 Å². The number of piperidine rings is 1. The van der Waals surface area contributed by atoms with E-state index in [4.69, 9.17) is 0 Å². The van der Waals surface area contributed by atoms with Gasteiger partial charge in [-0.1, -0.05) is 33.1 Å². The van der Waals surface area contributed by atoms with Gasteiger partial charge >= 0.3 is 5.69 Å². The smallest absolute Gasteiger partial charge is 0.329 e. The van der Waals surface area contributed by atoms with Crippen molar-refractivity contribution in [2.75, 3.05) is 19.6 Å². The van der Waals surface area contributed by atoms with Gasteiger partial charge < -0.3 is 10.2 Å². The van der Waals surface area contributed by atoms with Crippen LogP contribution in [-0.2, 0) is 11.3 Å². The number of hydrogen-bond acceptors (Lipinski definition) is 5. The molecule has 2 aromatic rings. The Morgan fingerprint density at radius 1 is 1.11 bits per heavy atom. The standard InChI is InChI=1S/C26H37N5O4/c1-3-5-6-7-12-27-23(32)18-9-8-14-30(16-18)25(34)19-15-20(17-10-11-17)28-22-21(19)24(33)29-26(35)31(22)13-4-2/h15,17-18H,3-14,16H2,1-2H3,(H,27,32)(H,29,33,35). The van der Waals surface area contributed by atoms with Gasteiger partial charge in [0.2, 0.25) is 5.91 Å². The number of fused-ring (bicyclic) bond motifs is 1. The zero-order valence-corrected chi connectivity index (χ0v) is 20.9. The third kappa shape index (κ3) is 5.65. The predicted molar refractivity (Wildman–Crippen MR) is 135 cm³/mol. The lowest BCUT2D eigenvalue weighted by molar-refractivity contribution is -0.126. The van der Waals surface area contributed by atoms with E-state index in [1.165, 1.54) is 4.57 Å². The average molecular weight is 484 g/mol. The number of H-pyrrole nitrogens is 1. The normalized spacial score (nSPS) is 18.1. The van der Waals surface area contributed by atoms with E-state index in [2.05, 4.69) is 22.2 Å². The molecule has 1 unspecified atom stereocenters. The quantitative estimate of drug-likeness (QED) is 0.504. The lowest BCUT2D eigenvalue weighted by Gasteiger charge is -2.32. The van der Waals surface area contributed by atoms with E-state index in [-0.39, 0.29) is 40.2 Å². The number of carbonyl (C=O) groups is 2. The Morgan fingerprint density at radius 2 is 1.91 bits per heavy atom. The maximum atomic E-state index is 13.7. The summed E-state index contributed by atoms with van der Waals surface area (Å²) in [6.45, 7) is 6.03. The number of rotatable bonds is 10. The minimum absolute atomic E-state index is 0.00751. The number of nitrogens with zero attached hydrogens (tertiary/aromatic N) is 3. The summed E-state index contributed by atoms with van der Waals surface area (Å²) >= 11 is 0. The molecule has 1 atom stereocenters. The highest BCUT2D eigenvalue weighted by Gasteiger charge is 2.33. The number of unbranched alkanes of at least 4 members (excludes halogenated alkanes) is 3. The monoisotopic (exact) mass is 483 g/mol. The van der Waals surface area contributed by atoms with E-state index < -0.39 is 11.2 Å². The van der Waals surface area contributed by atoms with Crippen LogP contribution in [0.1, 0.15) is 93.6 Å². The van der Waals surface area contributed by atoms with Crippen molar-refractivity contribution in [3.05, 3.63) is 38.2 Å². The minimum Gasteiger partial charge on any atom is -0.356 e. The van der Waals surface area contributed by atoms with Crippen molar-refractivity contribution in [2.45, 2.75) is 84.1 Å². The Hall–Kier alpha value is -2.97. The van der Waals surface area contributed by atoms with Crippen LogP contribution in [0.3, 0.4) is 0 Å². The van der Waals surface area contributed by atoms with Crippen LogP contribution in [-0.4, -0.2) is 50.9 Å². The lowest BCUT2D eigenvalue weighted by atomic mass is 9.96. The molecule has 1 saturated heterocycles. The van der Waals surface area contributed by atoms with Crippen LogP contribution in [0.15, 0.2) is 15.7 Å². The third-order valence-electron chi connectivity index (χ3n) is 7.05. The largest absolute Gasteiger partial charge is 0.356 e. The summed E-state index contributed by atoms with van der Waals surface area (Å²) in [5, 5.41) is 3.19. The molecule has 2 aliphatic rings. The zero-order chi connectivity index (χ0) is 24.9. The van der Waals surface area contributed by atoms with Crippen LogP contribution in [0.2, 0.25) is 0 Å². The molecule has 0 aromatic carbocycles. The Labute approximate surface area is 205 Å². The lowest BCUT2D eigenvalue weighted by Crippen LogP contribution is -2.46. The number of aromatic nitrogens is 3. The van der Waals surface area contributed by atoms with Crippen LogP contribution in [0.5, 0.6) is 0 Å². The molecule has 35 heavy (non-hydrogen) atoms. The van der Waals surface area contributed by atoms with Gasteiger partial charge in [0.05, 0.1) is 16.9 Å². The van der Waals surface area contributed by atoms with E-state index >= 15 is 0 Å². The second kappa shape index (κ2) is 11.2. The number of likely N-dealkylation sites (tertiary alicyclic amines) is 1. The van der Waals surface area contributed by atoms with E-state index in [0.29, 0.717) is 32.6 Å². The van der Waals surface area contributed by atoms with E-state index in [0.717, 1.165) is 57.1 Å². The summed E-state index contributed by atoms with van der Waals surface area (Å²) in [4.78, 5) is 60.6. The van der Waals surface area contributed by atoms with Gasteiger partial charge in [-0.15, -0.1) is 0 Å². The minimum atomic E-state index is -0.589. The molecule has 2 amide bonds. The molecule has 0 radical (unpaired) electrons. The van der Waals surface area contributed by atoms with Gasteiger partial charge in [-0.25, -0.2) is 9.78 Å². The SMILES string of the molecule is CCCCCCNC(=O)C1CCCN(C(=O)c2cc(C3CC3)nc3c2c(=O)[nH]c(=O)n3CCC)C1. The highest BCUT2D eigenvalue weighted by molar-refractivity contribution is 6.05. The first-order valence-electron chi connectivity index (χ1n) is 13.2. The van der Waals surface area contributed by atoms with Gasteiger partial charge in [-0.2, -0.15) is 0 Å². The summed E-state index contributed by atoms with van der Waals surface area (Å²) in [6, 6.07) is 1.73. The topological polar surface area (TPSA) is 117 Å². The van der Waals surface area contributed by atoms with Crippen LogP contribution in [0.4, 0.5) is 0 Å². The first kappa shape index (κ1) is 25.1. The molecule has 190 valence electrons. The number of carbonyl (C=O) groups excluding carboxylic acids is 2. The number of hydrogen-bond donors (Lipinski definition) is 2. The second-order valence-corrected chi connectivity index (χ2v) is 9.92. The number of nitrogens with one attached hydrogen (secondary N) is 2. The fraction of sp³-hybridized carbons (Fsp3) is 0.654. The van der Waals surface area contributed by atoms with Gasteiger partial charge in [0.1, 0.15) is 0 Å². The van der Waals surface area contributed by atoms with E-state index in [1.807, 2.05) is 6.92 Å². The summed E-state index contributed by atoms with van der Waals surface area (Å²) in [6.07, 6.45) is 8.51. The molecular formula is C26H37N5O4. The fourth-order valence-corrected chi connectivity index (χ4v) is 4.94. The fourth-order valence-electron chi connectivity index (χ4n) is 4.94. The number of amides is 2. The van der Waals surface area contributed by atoms with Crippen LogP contribution >= 0.6 is 0 Å². The second-order valence-electron chi connectivity index (χ2n) is 9.92. The zero-order valence-electron chi connectivity index (χ0n) is 20.9. The summed E-state index contributed by atoms with van der Waals surface area (Å²) in [7, 11) is 0. The molecule has 1 aliphatic carbocycles. The summed E-state index contributed by atoms with van der Waals surface area (Å²) in [5.41, 5.74) is 0.232. The highest BCUT2D eigenvalue weighted by atomic mass is 16.2. The van der Waals surface area contributed by atoms with E-state index in [1.54, 1.807) is 11.0 Å². The Balaban J connectivity index is 1.60. The third-order valence-corrected chi connectivity index (χ3v) is 7.05. The van der Waals surface area contributed by atoms with Crippen molar-refractivity contribution >= 4 is 22.8 Å². The van der Waals surface area contributed by atoms with Crippen LogP contribution < -0.4 is 16.6 Å². The average Bonchev–Trinajstić information content (AvgIpc) is 3.71. The number of aromatic amines is 1. The molecule has 2 aromatic heterocycles. The predicted octanol–water partition coefficient (Wildman–Crippen LogP) is 2.92. The van der Waals surface area contributed by atoms with Gasteiger partial charge in [0, 0.05) is 37.8 Å². The molecule has 9 nitrogen and oxygen atoms in total. The molecular weight excluding hydrogens is 446 g/mol. The summed E-state index contributed by atoms with van der Waals surface area (Å²) in [5.74, 6) is -0.284. The summed E-state index contributed by atoms with van der Waals surface area (Å²) < 4.78 is 1.46. The van der Waals surface area contributed by atoms with Gasteiger partial charge in [-0.05, 0) is 44.6 Å². The molecule has 1 aliphatic heterocycles. The Kier molecular flexibility index (Phi) is 8.03. The maximum absolute atomic E-state index is 13.7. The van der Waals surface area contributed by atoms with E-state index in [9.17, 15) is 19.2 Å². The Bertz CT molecular complexity index is 1200. The first-order valence-corrected chi connectivity index (χ1v) is 13.2.